The molecule has 2 aromatic heterocycles. The van der Waals surface area contributed by atoms with Gasteiger partial charge in [0.2, 0.25) is 0 Å². The van der Waals surface area contributed by atoms with Crippen LogP contribution in [0.15, 0.2) is 58.2 Å². The van der Waals surface area contributed by atoms with Crippen LogP contribution in [-0.2, 0) is 0 Å². The minimum Gasteiger partial charge on any atom is -0.295 e. The average Bonchev–Trinajstić information content (AvgIpc) is 2.91. The van der Waals surface area contributed by atoms with Crippen LogP contribution in [-0.4, -0.2) is 21.0 Å². The van der Waals surface area contributed by atoms with E-state index in [1.54, 1.807) is 4.40 Å². The highest BCUT2D eigenvalue weighted by Crippen LogP contribution is 2.14. The number of carbonyl (C=O) groups excluding carboxylic acids is 1. The molecule has 1 amide bonds. The van der Waals surface area contributed by atoms with Crippen LogP contribution in [0.25, 0.3) is 5.65 Å². The van der Waals surface area contributed by atoms with E-state index in [0.717, 1.165) is 21.4 Å². The first-order chi connectivity index (χ1) is 11.6. The Kier molecular flexibility index (Phi) is 4.76. The maximum absolute atomic E-state index is 12.6. The molecule has 0 aliphatic heterocycles. The van der Waals surface area contributed by atoms with Gasteiger partial charge in [0.25, 0.3) is 5.91 Å². The van der Waals surface area contributed by atoms with Crippen molar-refractivity contribution in [2.24, 2.45) is 5.10 Å². The summed E-state index contributed by atoms with van der Waals surface area (Å²) >= 11 is 3.45. The van der Waals surface area contributed by atoms with Gasteiger partial charge in [0.15, 0.2) is 0 Å². The molecular weight excluding hydrogens is 368 g/mol. The fourth-order valence-electron chi connectivity index (χ4n) is 2.57. The predicted molar refractivity (Wildman–Crippen MR) is 98.4 cm³/mol. The summed E-state index contributed by atoms with van der Waals surface area (Å²) in [5.41, 5.74) is 6.37. The second-order valence-electron chi connectivity index (χ2n) is 5.34. The third-order valence-electron chi connectivity index (χ3n) is 3.70. The van der Waals surface area contributed by atoms with E-state index in [1.807, 2.05) is 62.5 Å². The maximum atomic E-state index is 12.6. The quantitative estimate of drug-likeness (QED) is 0.546. The first kappa shape index (κ1) is 16.4. The van der Waals surface area contributed by atoms with Gasteiger partial charge in [-0.1, -0.05) is 41.1 Å². The van der Waals surface area contributed by atoms with E-state index in [9.17, 15) is 4.79 Å². The van der Waals surface area contributed by atoms with Crippen molar-refractivity contribution in [1.29, 1.82) is 0 Å². The first-order valence-electron chi connectivity index (χ1n) is 7.66. The van der Waals surface area contributed by atoms with Crippen molar-refractivity contribution in [3.8, 4) is 0 Å². The Bertz CT molecular complexity index is 930. The number of nitrogens with one attached hydrogen (secondary N) is 1. The van der Waals surface area contributed by atoms with Crippen molar-refractivity contribution in [1.82, 2.24) is 14.8 Å². The molecule has 0 saturated heterocycles. The first-order valence-corrected chi connectivity index (χ1v) is 8.46. The molecule has 0 saturated carbocycles. The van der Waals surface area contributed by atoms with Crippen LogP contribution in [0.3, 0.4) is 0 Å². The van der Waals surface area contributed by atoms with Gasteiger partial charge in [-0.05, 0) is 43.2 Å². The molecule has 122 valence electrons. The summed E-state index contributed by atoms with van der Waals surface area (Å²) in [4.78, 5) is 17.0. The number of amides is 1. The Hall–Kier alpha value is -2.47. The molecule has 5 nitrogen and oxygen atoms in total. The highest BCUT2D eigenvalue weighted by molar-refractivity contribution is 9.10. The molecular formula is C18H17BrN4O. The number of hydrazone groups is 1. The number of imidazole rings is 1. The summed E-state index contributed by atoms with van der Waals surface area (Å²) in [7, 11) is 0. The zero-order valence-corrected chi connectivity index (χ0v) is 15.0. The third kappa shape index (κ3) is 3.23. The fraction of sp³-hybridized carbons (Fsp3) is 0.167. The van der Waals surface area contributed by atoms with Crippen molar-refractivity contribution in [3.05, 3.63) is 70.1 Å². The Morgan fingerprint density at radius 2 is 2.12 bits per heavy atom. The summed E-state index contributed by atoms with van der Waals surface area (Å²) in [6.45, 7) is 3.83. The smallest absolute Gasteiger partial charge is 0.290 e. The number of pyridine rings is 1. The number of halogens is 1. The summed E-state index contributed by atoms with van der Waals surface area (Å²) < 4.78 is 2.75. The van der Waals surface area contributed by atoms with Gasteiger partial charge < -0.3 is 0 Å². The van der Waals surface area contributed by atoms with Gasteiger partial charge in [0, 0.05) is 10.7 Å². The molecule has 0 spiro atoms. The maximum Gasteiger partial charge on any atom is 0.290 e. The largest absolute Gasteiger partial charge is 0.295 e. The number of carbonyl (C=O) groups is 1. The molecule has 0 atom stereocenters. The zero-order chi connectivity index (χ0) is 17.1. The molecule has 0 unspecified atom stereocenters. The lowest BCUT2D eigenvalue weighted by Gasteiger charge is -2.06. The monoisotopic (exact) mass is 384 g/mol. The average molecular weight is 385 g/mol. The molecule has 1 N–H and O–H groups in total. The third-order valence-corrected chi connectivity index (χ3v) is 4.20. The summed E-state index contributed by atoms with van der Waals surface area (Å²) in [5.74, 6) is -0.271. The lowest BCUT2D eigenvalue weighted by molar-refractivity contribution is 0.0948. The van der Waals surface area contributed by atoms with Crippen LogP contribution in [0, 0.1) is 6.92 Å². The summed E-state index contributed by atoms with van der Waals surface area (Å²) in [5, 5.41) is 4.31. The van der Waals surface area contributed by atoms with E-state index in [1.165, 1.54) is 0 Å². The van der Waals surface area contributed by atoms with Crippen LogP contribution in [0.2, 0.25) is 0 Å². The number of benzene rings is 1. The van der Waals surface area contributed by atoms with Crippen LogP contribution in [0.4, 0.5) is 0 Å². The lowest BCUT2D eigenvalue weighted by Crippen LogP contribution is -2.22. The molecule has 6 heteroatoms. The predicted octanol–water partition coefficient (Wildman–Crippen LogP) is 3.95. The Morgan fingerprint density at radius 3 is 2.88 bits per heavy atom. The normalized spacial score (nSPS) is 11.7. The Balaban J connectivity index is 1.89. The minimum atomic E-state index is -0.271. The number of aromatic nitrogens is 2. The van der Waals surface area contributed by atoms with Crippen LogP contribution >= 0.6 is 15.9 Å². The fourth-order valence-corrected chi connectivity index (χ4v) is 2.97. The number of nitrogens with zero attached hydrogens (tertiary/aromatic N) is 3. The summed E-state index contributed by atoms with van der Waals surface area (Å²) in [6, 6.07) is 13.5. The number of rotatable bonds is 4. The Labute approximate surface area is 148 Å². The lowest BCUT2D eigenvalue weighted by atomic mass is 10.1. The molecule has 24 heavy (non-hydrogen) atoms. The van der Waals surface area contributed by atoms with Gasteiger partial charge in [0.05, 0.1) is 11.4 Å². The highest BCUT2D eigenvalue weighted by Gasteiger charge is 2.16. The molecule has 0 bridgehead atoms. The number of aryl methyl sites for hydroxylation is 1. The van der Waals surface area contributed by atoms with E-state index in [0.29, 0.717) is 17.8 Å². The molecule has 3 aromatic rings. The van der Waals surface area contributed by atoms with Crippen molar-refractivity contribution in [3.63, 3.8) is 0 Å². The van der Waals surface area contributed by atoms with Crippen LogP contribution < -0.4 is 5.43 Å². The van der Waals surface area contributed by atoms with E-state index in [-0.39, 0.29) is 5.91 Å². The molecule has 2 heterocycles. The van der Waals surface area contributed by atoms with E-state index >= 15 is 0 Å². The van der Waals surface area contributed by atoms with Crippen molar-refractivity contribution in [2.75, 3.05) is 0 Å². The SMILES string of the molecule is CC/C(=N/NC(=O)c1c(C)nc2ccccn12)c1cccc(Br)c1. The zero-order valence-electron chi connectivity index (χ0n) is 13.5. The molecule has 1 aromatic carbocycles. The van der Waals surface area contributed by atoms with Crippen molar-refractivity contribution in [2.45, 2.75) is 20.3 Å². The van der Waals surface area contributed by atoms with Gasteiger partial charge >= 0.3 is 0 Å². The van der Waals surface area contributed by atoms with E-state index < -0.39 is 0 Å². The number of hydrogen-bond acceptors (Lipinski definition) is 3. The minimum absolute atomic E-state index is 0.271. The van der Waals surface area contributed by atoms with Crippen molar-refractivity contribution >= 4 is 33.2 Å². The van der Waals surface area contributed by atoms with E-state index in [4.69, 9.17) is 0 Å². The van der Waals surface area contributed by atoms with Gasteiger partial charge in [-0.25, -0.2) is 10.4 Å². The van der Waals surface area contributed by atoms with Gasteiger partial charge in [-0.3, -0.25) is 9.20 Å². The molecule has 0 radical (unpaired) electrons. The number of hydrogen-bond donors (Lipinski definition) is 1. The van der Waals surface area contributed by atoms with Gasteiger partial charge in [0.1, 0.15) is 11.3 Å². The highest BCUT2D eigenvalue weighted by atomic mass is 79.9. The van der Waals surface area contributed by atoms with Gasteiger partial charge in [-0.15, -0.1) is 0 Å². The standard InChI is InChI=1S/C18H17BrN4O/c1-3-15(13-7-6-8-14(19)11-13)21-22-18(24)17-12(2)20-16-9-4-5-10-23(16)17/h4-11H,3H2,1-2H3,(H,22,24)/b21-15-. The van der Waals surface area contributed by atoms with Crippen LogP contribution in [0.1, 0.15) is 35.1 Å². The molecule has 0 aliphatic rings. The van der Waals surface area contributed by atoms with Crippen LogP contribution in [0.5, 0.6) is 0 Å². The van der Waals surface area contributed by atoms with Crippen molar-refractivity contribution < 1.29 is 4.79 Å². The van der Waals surface area contributed by atoms with Gasteiger partial charge in [-0.2, -0.15) is 5.10 Å². The number of fused-ring (bicyclic) bond motifs is 1. The summed E-state index contributed by atoms with van der Waals surface area (Å²) in [6.07, 6.45) is 2.53. The molecule has 0 fully saturated rings. The molecule has 3 rings (SSSR count). The second kappa shape index (κ2) is 6.97. The topological polar surface area (TPSA) is 58.8 Å². The molecule has 0 aliphatic carbocycles. The Morgan fingerprint density at radius 1 is 1.29 bits per heavy atom. The van der Waals surface area contributed by atoms with E-state index in [2.05, 4.69) is 31.4 Å². The second-order valence-corrected chi connectivity index (χ2v) is 6.25.